The van der Waals surface area contributed by atoms with E-state index < -0.39 is 15.7 Å². The summed E-state index contributed by atoms with van der Waals surface area (Å²) < 4.78 is 45.6. The highest BCUT2D eigenvalue weighted by Gasteiger charge is 2.23. The summed E-state index contributed by atoms with van der Waals surface area (Å²) in [5, 5.41) is 10.1. The van der Waals surface area contributed by atoms with Crippen LogP contribution in [0.25, 0.3) is 11.0 Å². The van der Waals surface area contributed by atoms with Gasteiger partial charge in [0.1, 0.15) is 16.5 Å². The van der Waals surface area contributed by atoms with E-state index in [1.807, 2.05) is 6.92 Å². The van der Waals surface area contributed by atoms with Gasteiger partial charge < -0.3 is 10.1 Å². The number of hydrogen-bond donors (Lipinski definition) is 2. The molecule has 0 aliphatic heterocycles. The number of amides is 1. The first-order chi connectivity index (χ1) is 16.4. The van der Waals surface area contributed by atoms with Crippen LogP contribution in [0.1, 0.15) is 35.7 Å². The molecule has 0 bridgehead atoms. The Morgan fingerprint density at radius 3 is 2.68 bits per heavy atom. The molecule has 1 amide bonds. The predicted molar refractivity (Wildman–Crippen MR) is 124 cm³/mol. The number of aromatic amines is 1. The monoisotopic (exact) mass is 482 g/mol. The summed E-state index contributed by atoms with van der Waals surface area (Å²) in [5.41, 5.74) is 1.69. The van der Waals surface area contributed by atoms with Gasteiger partial charge in [-0.25, -0.2) is 17.8 Å². The van der Waals surface area contributed by atoms with E-state index in [2.05, 4.69) is 20.5 Å². The Hall–Kier alpha value is -3.79. The van der Waals surface area contributed by atoms with Crippen molar-refractivity contribution in [3.63, 3.8) is 0 Å². The minimum Gasteiger partial charge on any atom is -0.492 e. The van der Waals surface area contributed by atoms with Crippen molar-refractivity contribution in [1.82, 2.24) is 20.5 Å². The van der Waals surface area contributed by atoms with Gasteiger partial charge in [-0.1, -0.05) is 25.5 Å². The smallest absolute Gasteiger partial charge is 0.253 e. The summed E-state index contributed by atoms with van der Waals surface area (Å²) in [6.45, 7) is 2.47. The highest BCUT2D eigenvalue weighted by atomic mass is 32.2. The van der Waals surface area contributed by atoms with Crippen LogP contribution in [0.2, 0.25) is 0 Å². The topological polar surface area (TPSA) is 114 Å². The van der Waals surface area contributed by atoms with E-state index >= 15 is 0 Å². The number of pyridine rings is 1. The van der Waals surface area contributed by atoms with Gasteiger partial charge in [0.25, 0.3) is 5.91 Å². The van der Waals surface area contributed by atoms with E-state index in [9.17, 15) is 17.6 Å². The van der Waals surface area contributed by atoms with Crippen molar-refractivity contribution in [2.45, 2.75) is 36.1 Å². The van der Waals surface area contributed by atoms with E-state index in [1.54, 1.807) is 24.4 Å². The molecule has 2 N–H and O–H groups in total. The van der Waals surface area contributed by atoms with Gasteiger partial charge in [-0.15, -0.1) is 0 Å². The minimum atomic E-state index is -3.93. The SMILES string of the molecule is CCCCOc1cc(F)ccc1S(=O)(=O)c1ccc(CNC(=O)c2cnc3[nH]ncc3c2)cc1. The van der Waals surface area contributed by atoms with Gasteiger partial charge in [0.2, 0.25) is 9.84 Å². The zero-order valence-corrected chi connectivity index (χ0v) is 19.2. The second-order valence-electron chi connectivity index (χ2n) is 7.65. The number of halogens is 1. The summed E-state index contributed by atoms with van der Waals surface area (Å²) in [4.78, 5) is 16.5. The molecule has 0 aliphatic rings. The molecule has 0 saturated heterocycles. The van der Waals surface area contributed by atoms with Crippen molar-refractivity contribution in [3.8, 4) is 5.75 Å². The number of nitrogens with one attached hydrogen (secondary N) is 2. The van der Waals surface area contributed by atoms with E-state index in [0.29, 0.717) is 23.4 Å². The Labute approximate surface area is 196 Å². The number of aromatic nitrogens is 3. The van der Waals surface area contributed by atoms with Crippen LogP contribution in [0.5, 0.6) is 5.75 Å². The van der Waals surface area contributed by atoms with Crippen molar-refractivity contribution in [2.24, 2.45) is 0 Å². The molecule has 0 spiro atoms. The van der Waals surface area contributed by atoms with Crippen LogP contribution in [-0.2, 0) is 16.4 Å². The number of ether oxygens (including phenoxy) is 1. The number of carbonyl (C=O) groups is 1. The van der Waals surface area contributed by atoms with Crippen LogP contribution >= 0.6 is 0 Å². The highest BCUT2D eigenvalue weighted by Crippen LogP contribution is 2.30. The van der Waals surface area contributed by atoms with Crippen molar-refractivity contribution in [1.29, 1.82) is 0 Å². The van der Waals surface area contributed by atoms with Gasteiger partial charge in [-0.05, 0) is 42.3 Å². The molecule has 2 aromatic heterocycles. The van der Waals surface area contributed by atoms with Gasteiger partial charge in [0, 0.05) is 24.2 Å². The zero-order valence-electron chi connectivity index (χ0n) is 18.4. The Bertz CT molecular complexity index is 1420. The lowest BCUT2D eigenvalue weighted by Gasteiger charge is -2.13. The van der Waals surface area contributed by atoms with Crippen LogP contribution in [0.15, 0.2) is 70.7 Å². The zero-order chi connectivity index (χ0) is 24.1. The fourth-order valence-electron chi connectivity index (χ4n) is 3.30. The van der Waals surface area contributed by atoms with Gasteiger partial charge in [0.05, 0.1) is 23.3 Å². The molecule has 34 heavy (non-hydrogen) atoms. The van der Waals surface area contributed by atoms with Crippen LogP contribution in [0, 0.1) is 5.82 Å². The lowest BCUT2D eigenvalue weighted by atomic mass is 10.2. The number of rotatable bonds is 9. The lowest BCUT2D eigenvalue weighted by Crippen LogP contribution is -2.22. The third-order valence-electron chi connectivity index (χ3n) is 5.19. The Morgan fingerprint density at radius 1 is 1.12 bits per heavy atom. The van der Waals surface area contributed by atoms with E-state index in [0.717, 1.165) is 30.4 Å². The number of unbranched alkanes of at least 4 members (excludes halogenated alkanes) is 1. The molecule has 4 aromatic rings. The number of sulfone groups is 1. The number of carbonyl (C=O) groups excluding carboxylic acids is 1. The number of benzene rings is 2. The third kappa shape index (κ3) is 5.07. The summed E-state index contributed by atoms with van der Waals surface area (Å²) >= 11 is 0. The molecule has 2 aromatic carbocycles. The summed E-state index contributed by atoms with van der Waals surface area (Å²) in [7, 11) is -3.93. The molecule has 0 saturated carbocycles. The predicted octanol–water partition coefficient (Wildman–Crippen LogP) is 4.04. The van der Waals surface area contributed by atoms with Gasteiger partial charge in [-0.3, -0.25) is 9.89 Å². The Morgan fingerprint density at radius 2 is 1.91 bits per heavy atom. The summed E-state index contributed by atoms with van der Waals surface area (Å²) in [6, 6.07) is 11.2. The number of hydrogen-bond acceptors (Lipinski definition) is 6. The molecule has 2 heterocycles. The van der Waals surface area contributed by atoms with Crippen LogP contribution in [0.3, 0.4) is 0 Å². The first-order valence-corrected chi connectivity index (χ1v) is 12.2. The molecule has 0 aliphatic carbocycles. The van der Waals surface area contributed by atoms with Gasteiger partial charge in [-0.2, -0.15) is 5.10 Å². The van der Waals surface area contributed by atoms with Crippen molar-refractivity contribution in [2.75, 3.05) is 6.61 Å². The van der Waals surface area contributed by atoms with Crippen molar-refractivity contribution >= 4 is 26.8 Å². The minimum absolute atomic E-state index is 0.00649. The summed E-state index contributed by atoms with van der Waals surface area (Å²) in [5.74, 6) is -0.890. The second-order valence-corrected chi connectivity index (χ2v) is 9.57. The molecule has 4 rings (SSSR count). The molecule has 176 valence electrons. The fourth-order valence-corrected chi connectivity index (χ4v) is 4.68. The maximum absolute atomic E-state index is 13.7. The maximum atomic E-state index is 13.7. The first kappa shape index (κ1) is 23.4. The lowest BCUT2D eigenvalue weighted by molar-refractivity contribution is 0.0950. The molecular formula is C24H23FN4O4S. The molecule has 8 nitrogen and oxygen atoms in total. The average molecular weight is 483 g/mol. The van der Waals surface area contributed by atoms with Crippen LogP contribution in [-0.4, -0.2) is 36.1 Å². The largest absolute Gasteiger partial charge is 0.492 e. The average Bonchev–Trinajstić information content (AvgIpc) is 3.31. The Kier molecular flexibility index (Phi) is 6.87. The van der Waals surface area contributed by atoms with Crippen molar-refractivity contribution < 1.29 is 22.3 Å². The molecule has 10 heteroatoms. The molecule has 0 radical (unpaired) electrons. The maximum Gasteiger partial charge on any atom is 0.253 e. The van der Waals surface area contributed by atoms with Gasteiger partial charge >= 0.3 is 0 Å². The standard InChI is InChI=1S/C24H23FN4O4S/c1-2-3-10-33-21-12-19(25)6-9-22(21)34(31,32)20-7-4-16(5-8-20)13-27-24(30)18-11-17-15-28-29-23(17)26-14-18/h4-9,11-12,14-15H,2-3,10,13H2,1H3,(H,27,30)(H,26,28,29). The molecule has 0 atom stereocenters. The molecule has 0 fully saturated rings. The highest BCUT2D eigenvalue weighted by molar-refractivity contribution is 7.91. The van der Waals surface area contributed by atoms with Crippen LogP contribution < -0.4 is 10.1 Å². The Balaban J connectivity index is 1.47. The summed E-state index contributed by atoms with van der Waals surface area (Å²) in [6.07, 6.45) is 4.63. The number of H-pyrrole nitrogens is 1. The number of nitrogens with zero attached hydrogens (tertiary/aromatic N) is 2. The van der Waals surface area contributed by atoms with E-state index in [4.69, 9.17) is 4.74 Å². The second kappa shape index (κ2) is 10.0. The number of fused-ring (bicyclic) bond motifs is 1. The molecular weight excluding hydrogens is 459 g/mol. The fraction of sp³-hybridized carbons (Fsp3) is 0.208. The van der Waals surface area contributed by atoms with Crippen molar-refractivity contribution in [3.05, 3.63) is 77.9 Å². The quantitative estimate of drug-likeness (QED) is 0.275. The van der Waals surface area contributed by atoms with E-state index in [1.165, 1.54) is 24.4 Å². The molecule has 0 unspecified atom stereocenters. The normalized spacial score (nSPS) is 11.5. The first-order valence-electron chi connectivity index (χ1n) is 10.7. The van der Waals surface area contributed by atoms with Gasteiger partial charge in [0.15, 0.2) is 5.65 Å². The third-order valence-corrected chi connectivity index (χ3v) is 7.00. The van der Waals surface area contributed by atoms with E-state index in [-0.39, 0.29) is 28.0 Å². The van der Waals surface area contributed by atoms with Crippen LogP contribution in [0.4, 0.5) is 4.39 Å².